The summed E-state index contributed by atoms with van der Waals surface area (Å²) in [4.78, 5) is 1.16. The van der Waals surface area contributed by atoms with Gasteiger partial charge in [0.05, 0.1) is 5.56 Å². The fraction of sp³-hybridized carbons (Fsp3) is 0.235. The van der Waals surface area contributed by atoms with E-state index >= 15 is 0 Å². The molecule has 0 aliphatic carbocycles. The van der Waals surface area contributed by atoms with Gasteiger partial charge in [0, 0.05) is 17.5 Å². The monoisotopic (exact) mass is 297 g/mol. The highest BCUT2D eigenvalue weighted by molar-refractivity contribution is 7.13. The number of aromatic nitrogens is 2. The van der Waals surface area contributed by atoms with Gasteiger partial charge in [0.2, 0.25) is 0 Å². The van der Waals surface area contributed by atoms with Crippen molar-refractivity contribution in [1.82, 2.24) is 9.78 Å². The molecule has 2 heterocycles. The van der Waals surface area contributed by atoms with Gasteiger partial charge in [-0.3, -0.25) is 4.68 Å². The first-order valence-corrected chi connectivity index (χ1v) is 7.81. The topological polar surface area (TPSA) is 43.8 Å². The Balaban J connectivity index is 2.32. The van der Waals surface area contributed by atoms with Crippen LogP contribution in [-0.4, -0.2) is 9.78 Å². The number of nitrogen functional groups attached to an aromatic ring is 1. The Kier molecular flexibility index (Phi) is 3.33. The van der Waals surface area contributed by atoms with Crippen LogP contribution in [0, 0.1) is 20.8 Å². The molecule has 0 aliphatic heterocycles. The summed E-state index contributed by atoms with van der Waals surface area (Å²) in [6, 6.07) is 8.54. The van der Waals surface area contributed by atoms with Crippen molar-refractivity contribution in [2.45, 2.75) is 20.8 Å². The van der Waals surface area contributed by atoms with Gasteiger partial charge in [-0.05, 0) is 43.3 Å². The molecule has 108 valence electrons. The van der Waals surface area contributed by atoms with Crippen molar-refractivity contribution < 1.29 is 0 Å². The highest BCUT2D eigenvalue weighted by Crippen LogP contribution is 2.40. The molecule has 4 heteroatoms. The molecule has 0 unspecified atom stereocenters. The van der Waals surface area contributed by atoms with E-state index in [1.165, 1.54) is 22.3 Å². The maximum absolute atomic E-state index is 6.27. The van der Waals surface area contributed by atoms with Crippen molar-refractivity contribution in [1.29, 1.82) is 0 Å². The second-order valence-corrected chi connectivity index (χ2v) is 6.43. The summed E-state index contributed by atoms with van der Waals surface area (Å²) in [5, 5.41) is 6.76. The second kappa shape index (κ2) is 5.04. The third kappa shape index (κ3) is 2.25. The molecular formula is C17H19N3S. The van der Waals surface area contributed by atoms with Crippen LogP contribution in [0.1, 0.15) is 16.7 Å². The van der Waals surface area contributed by atoms with Gasteiger partial charge in [-0.25, -0.2) is 0 Å². The molecule has 0 atom stereocenters. The molecule has 3 nitrogen and oxygen atoms in total. The van der Waals surface area contributed by atoms with Crippen LogP contribution in [0.3, 0.4) is 0 Å². The van der Waals surface area contributed by atoms with Crippen LogP contribution >= 0.6 is 11.3 Å². The van der Waals surface area contributed by atoms with Gasteiger partial charge >= 0.3 is 0 Å². The molecule has 0 bridgehead atoms. The van der Waals surface area contributed by atoms with Crippen LogP contribution in [0.5, 0.6) is 0 Å². The first kappa shape index (κ1) is 13.9. The molecule has 0 saturated carbocycles. The highest BCUT2D eigenvalue weighted by atomic mass is 32.1. The maximum Gasteiger partial charge on any atom is 0.130 e. The summed E-state index contributed by atoms with van der Waals surface area (Å²) in [7, 11) is 1.90. The van der Waals surface area contributed by atoms with Crippen molar-refractivity contribution in [3.05, 3.63) is 46.3 Å². The van der Waals surface area contributed by atoms with Crippen molar-refractivity contribution in [2.24, 2.45) is 7.05 Å². The molecule has 1 aromatic carbocycles. The van der Waals surface area contributed by atoms with Gasteiger partial charge < -0.3 is 5.73 Å². The predicted octanol–water partition coefficient (Wildman–Crippen LogP) is 4.32. The highest BCUT2D eigenvalue weighted by Gasteiger charge is 2.20. The van der Waals surface area contributed by atoms with Crippen LogP contribution in [0.15, 0.2) is 29.6 Å². The number of hydrogen-bond acceptors (Lipinski definition) is 3. The normalized spacial score (nSPS) is 11.0. The Labute approximate surface area is 129 Å². The number of thiophene rings is 1. The Morgan fingerprint density at radius 2 is 1.76 bits per heavy atom. The molecule has 3 aromatic rings. The first-order valence-electron chi connectivity index (χ1n) is 6.93. The number of nitrogens with zero attached hydrogens (tertiary/aromatic N) is 2. The fourth-order valence-corrected chi connectivity index (χ4v) is 3.71. The van der Waals surface area contributed by atoms with Crippen LogP contribution in [0.25, 0.3) is 21.7 Å². The first-order chi connectivity index (χ1) is 9.99. The summed E-state index contributed by atoms with van der Waals surface area (Å²) < 4.78 is 1.77. The minimum Gasteiger partial charge on any atom is -0.383 e. The van der Waals surface area contributed by atoms with Gasteiger partial charge in [-0.1, -0.05) is 23.8 Å². The Bertz CT molecular complexity index is 775. The Hall–Kier alpha value is -2.07. The zero-order valence-electron chi connectivity index (χ0n) is 12.8. The third-order valence-electron chi connectivity index (χ3n) is 3.77. The molecule has 0 aliphatic rings. The predicted molar refractivity (Wildman–Crippen MR) is 90.6 cm³/mol. The van der Waals surface area contributed by atoms with Gasteiger partial charge in [0.1, 0.15) is 11.5 Å². The maximum atomic E-state index is 6.27. The number of nitrogens with two attached hydrogens (primary N) is 1. The lowest BCUT2D eigenvalue weighted by molar-refractivity contribution is 0.782. The summed E-state index contributed by atoms with van der Waals surface area (Å²) in [6.07, 6.45) is 0. The quantitative estimate of drug-likeness (QED) is 0.765. The molecule has 2 aromatic heterocycles. The lowest BCUT2D eigenvalue weighted by Crippen LogP contribution is -1.97. The van der Waals surface area contributed by atoms with Crippen LogP contribution in [0.4, 0.5) is 5.82 Å². The molecule has 0 amide bonds. The zero-order valence-corrected chi connectivity index (χ0v) is 13.6. The molecule has 21 heavy (non-hydrogen) atoms. The minimum atomic E-state index is 0.715. The van der Waals surface area contributed by atoms with Crippen LogP contribution in [0.2, 0.25) is 0 Å². The number of hydrogen-bond donors (Lipinski definition) is 1. The molecular weight excluding hydrogens is 278 g/mol. The van der Waals surface area contributed by atoms with E-state index in [1.807, 2.05) is 13.1 Å². The average Bonchev–Trinajstić information content (AvgIpc) is 2.98. The van der Waals surface area contributed by atoms with Crippen molar-refractivity contribution in [3.8, 4) is 21.7 Å². The van der Waals surface area contributed by atoms with E-state index in [9.17, 15) is 0 Å². The van der Waals surface area contributed by atoms with Crippen molar-refractivity contribution in [2.75, 3.05) is 5.73 Å². The summed E-state index contributed by atoms with van der Waals surface area (Å²) in [6.45, 7) is 6.40. The van der Waals surface area contributed by atoms with Gasteiger partial charge in [-0.15, -0.1) is 11.3 Å². The third-order valence-corrected chi connectivity index (χ3v) is 4.66. The molecule has 0 spiro atoms. The van der Waals surface area contributed by atoms with E-state index in [4.69, 9.17) is 5.73 Å². The molecule has 2 N–H and O–H groups in total. The molecule has 0 fully saturated rings. The summed E-state index contributed by atoms with van der Waals surface area (Å²) in [5.41, 5.74) is 13.2. The van der Waals surface area contributed by atoms with Gasteiger partial charge in [0.25, 0.3) is 0 Å². The van der Waals surface area contributed by atoms with E-state index in [0.29, 0.717) is 5.82 Å². The van der Waals surface area contributed by atoms with Crippen LogP contribution in [-0.2, 0) is 7.05 Å². The largest absolute Gasteiger partial charge is 0.383 e. The second-order valence-electron chi connectivity index (χ2n) is 5.48. The zero-order chi connectivity index (χ0) is 15.1. The Morgan fingerprint density at radius 3 is 2.33 bits per heavy atom. The smallest absolute Gasteiger partial charge is 0.130 e. The summed E-state index contributed by atoms with van der Waals surface area (Å²) in [5.74, 6) is 0.715. The number of rotatable bonds is 2. The van der Waals surface area contributed by atoms with Gasteiger partial charge in [0.15, 0.2) is 0 Å². The van der Waals surface area contributed by atoms with E-state index in [2.05, 4.69) is 49.4 Å². The lowest BCUT2D eigenvalue weighted by Gasteiger charge is -2.10. The SMILES string of the molecule is Cc1cc(C)c(-c2nn(C)c(N)c2-c2cccs2)c(C)c1. The standard InChI is InChI=1S/C17H19N3S/c1-10-8-11(2)14(12(3)9-10)16-15(13-6-5-7-21-13)17(18)20(4)19-16/h5-9H,18H2,1-4H3. The average molecular weight is 297 g/mol. The molecule has 0 saturated heterocycles. The molecule has 3 rings (SSSR count). The van der Waals surface area contributed by atoms with E-state index in [-0.39, 0.29) is 0 Å². The van der Waals surface area contributed by atoms with Crippen LogP contribution < -0.4 is 5.73 Å². The van der Waals surface area contributed by atoms with E-state index in [1.54, 1.807) is 16.0 Å². The van der Waals surface area contributed by atoms with Gasteiger partial charge in [-0.2, -0.15) is 5.10 Å². The number of aryl methyl sites for hydroxylation is 4. The van der Waals surface area contributed by atoms with E-state index in [0.717, 1.165) is 16.1 Å². The van der Waals surface area contributed by atoms with E-state index < -0.39 is 0 Å². The fourth-order valence-electron chi connectivity index (χ4n) is 2.93. The molecule has 0 radical (unpaired) electrons. The van der Waals surface area contributed by atoms with Crippen molar-refractivity contribution >= 4 is 17.2 Å². The minimum absolute atomic E-state index is 0.715. The Morgan fingerprint density at radius 1 is 1.10 bits per heavy atom. The van der Waals surface area contributed by atoms with Crippen molar-refractivity contribution in [3.63, 3.8) is 0 Å². The lowest BCUT2D eigenvalue weighted by atomic mass is 9.95. The summed E-state index contributed by atoms with van der Waals surface area (Å²) >= 11 is 1.69. The number of benzene rings is 1. The number of anilines is 1.